The van der Waals surface area contributed by atoms with Gasteiger partial charge in [-0.15, -0.1) is 0 Å². The number of nitrogens with one attached hydrogen (secondary N) is 1. The lowest BCUT2D eigenvalue weighted by Crippen LogP contribution is -2.20. The van der Waals surface area contributed by atoms with Gasteiger partial charge in [-0.3, -0.25) is 0 Å². The zero-order chi connectivity index (χ0) is 13.2. The number of benzene rings is 2. The topological polar surface area (TPSA) is 32.3 Å². The minimum Gasteiger partial charge on any atom is -0.386 e. The second-order valence-electron chi connectivity index (χ2n) is 5.10. The van der Waals surface area contributed by atoms with Gasteiger partial charge in [0.25, 0.3) is 0 Å². The first-order valence-electron chi connectivity index (χ1n) is 6.87. The molecule has 0 aliphatic carbocycles. The van der Waals surface area contributed by atoms with Crippen LogP contribution in [0, 0.1) is 0 Å². The highest BCUT2D eigenvalue weighted by molar-refractivity contribution is 5.37. The summed E-state index contributed by atoms with van der Waals surface area (Å²) < 4.78 is 0. The zero-order valence-corrected chi connectivity index (χ0v) is 11.1. The number of hydrogen-bond donors (Lipinski definition) is 2. The normalized spacial score (nSPS) is 19.2. The summed E-state index contributed by atoms with van der Waals surface area (Å²) in [4.78, 5) is 0. The van der Waals surface area contributed by atoms with E-state index in [9.17, 15) is 5.11 Å². The predicted molar refractivity (Wildman–Crippen MR) is 76.8 cm³/mol. The Bertz CT molecular complexity index is 562. The van der Waals surface area contributed by atoms with Crippen molar-refractivity contribution in [2.45, 2.75) is 32.0 Å². The number of hydrogen-bond acceptors (Lipinski definition) is 2. The summed E-state index contributed by atoms with van der Waals surface area (Å²) in [5.41, 5.74) is 4.79. The van der Waals surface area contributed by atoms with Gasteiger partial charge in [-0.2, -0.15) is 0 Å². The van der Waals surface area contributed by atoms with Gasteiger partial charge < -0.3 is 10.4 Å². The van der Waals surface area contributed by atoms with Crippen molar-refractivity contribution in [3.05, 3.63) is 70.8 Å². The molecule has 2 unspecified atom stereocenters. The third-order valence-corrected chi connectivity index (χ3v) is 3.95. The third-order valence-electron chi connectivity index (χ3n) is 3.95. The molecule has 1 heterocycles. The summed E-state index contributed by atoms with van der Waals surface area (Å²) in [7, 11) is 0. The van der Waals surface area contributed by atoms with Gasteiger partial charge in [0.2, 0.25) is 0 Å². The Morgan fingerprint density at radius 3 is 2.63 bits per heavy atom. The fraction of sp³-hybridized carbons (Fsp3) is 0.294. The van der Waals surface area contributed by atoms with Crippen LogP contribution in [-0.2, 0) is 13.0 Å². The minimum absolute atomic E-state index is 0.00340. The molecule has 2 nitrogen and oxygen atoms in total. The molecule has 0 spiro atoms. The Morgan fingerprint density at radius 1 is 1.16 bits per heavy atom. The lowest BCUT2D eigenvalue weighted by molar-refractivity contribution is 0.133. The molecule has 1 aliphatic heterocycles. The Labute approximate surface area is 114 Å². The Hall–Kier alpha value is -1.64. The Kier molecular flexibility index (Phi) is 3.36. The molecule has 2 heteroatoms. The quantitative estimate of drug-likeness (QED) is 0.881. The fourth-order valence-corrected chi connectivity index (χ4v) is 2.75. The monoisotopic (exact) mass is 253 g/mol. The summed E-state index contributed by atoms with van der Waals surface area (Å²) in [6.07, 6.45) is 0.538. The van der Waals surface area contributed by atoms with E-state index < -0.39 is 6.10 Å². The highest BCUT2D eigenvalue weighted by atomic mass is 16.3. The second-order valence-corrected chi connectivity index (χ2v) is 5.10. The van der Waals surface area contributed by atoms with Crippen LogP contribution >= 0.6 is 0 Å². The van der Waals surface area contributed by atoms with Crippen LogP contribution in [0.25, 0.3) is 0 Å². The fourth-order valence-electron chi connectivity index (χ4n) is 2.75. The van der Waals surface area contributed by atoms with E-state index in [4.69, 9.17) is 0 Å². The van der Waals surface area contributed by atoms with E-state index in [-0.39, 0.29) is 6.04 Å². The van der Waals surface area contributed by atoms with Crippen molar-refractivity contribution >= 4 is 0 Å². The van der Waals surface area contributed by atoms with Crippen molar-refractivity contribution in [1.82, 2.24) is 5.32 Å². The third kappa shape index (κ3) is 2.29. The van der Waals surface area contributed by atoms with E-state index >= 15 is 0 Å². The van der Waals surface area contributed by atoms with Gasteiger partial charge in [-0.05, 0) is 28.7 Å². The predicted octanol–water partition coefficient (Wildman–Crippen LogP) is 3.13. The highest BCUT2D eigenvalue weighted by Crippen LogP contribution is 2.35. The van der Waals surface area contributed by atoms with E-state index in [0.29, 0.717) is 0 Å². The van der Waals surface area contributed by atoms with Crippen molar-refractivity contribution in [2.24, 2.45) is 0 Å². The molecule has 98 valence electrons. The SMILES string of the molecule is CCc1ccc(C(O)C2NCc3ccccc32)cc1. The van der Waals surface area contributed by atoms with Crippen molar-refractivity contribution in [3.8, 4) is 0 Å². The highest BCUT2D eigenvalue weighted by Gasteiger charge is 2.28. The van der Waals surface area contributed by atoms with Crippen LogP contribution in [0.1, 0.15) is 41.3 Å². The molecule has 19 heavy (non-hydrogen) atoms. The Balaban J connectivity index is 1.86. The first-order valence-corrected chi connectivity index (χ1v) is 6.87. The van der Waals surface area contributed by atoms with Crippen LogP contribution in [0.3, 0.4) is 0 Å². The van der Waals surface area contributed by atoms with E-state index in [1.807, 2.05) is 24.3 Å². The number of rotatable bonds is 3. The molecule has 0 saturated heterocycles. The van der Waals surface area contributed by atoms with Crippen molar-refractivity contribution in [3.63, 3.8) is 0 Å². The zero-order valence-electron chi connectivity index (χ0n) is 11.1. The summed E-state index contributed by atoms with van der Waals surface area (Å²) in [5, 5.41) is 14.0. The molecule has 3 rings (SSSR count). The molecule has 0 aromatic heterocycles. The van der Waals surface area contributed by atoms with Gasteiger partial charge in [-0.25, -0.2) is 0 Å². The van der Waals surface area contributed by atoms with Crippen molar-refractivity contribution < 1.29 is 5.11 Å². The number of aliphatic hydroxyl groups is 1. The van der Waals surface area contributed by atoms with Gasteiger partial charge in [0.05, 0.1) is 12.1 Å². The van der Waals surface area contributed by atoms with Gasteiger partial charge in [0.1, 0.15) is 0 Å². The van der Waals surface area contributed by atoms with Gasteiger partial charge in [0, 0.05) is 6.54 Å². The number of fused-ring (bicyclic) bond motifs is 1. The molecule has 2 atom stereocenters. The molecule has 2 aromatic rings. The average Bonchev–Trinajstić information content (AvgIpc) is 2.90. The molecular weight excluding hydrogens is 234 g/mol. The van der Waals surface area contributed by atoms with Gasteiger partial charge in [0.15, 0.2) is 0 Å². The Morgan fingerprint density at radius 2 is 1.89 bits per heavy atom. The van der Waals surface area contributed by atoms with Crippen LogP contribution in [0.4, 0.5) is 0 Å². The average molecular weight is 253 g/mol. The maximum atomic E-state index is 10.6. The van der Waals surface area contributed by atoms with E-state index in [1.165, 1.54) is 16.7 Å². The largest absolute Gasteiger partial charge is 0.386 e. The van der Waals surface area contributed by atoms with Crippen LogP contribution in [-0.4, -0.2) is 5.11 Å². The summed E-state index contributed by atoms with van der Waals surface area (Å²) in [5.74, 6) is 0. The maximum Gasteiger partial charge on any atom is 0.0984 e. The molecular formula is C17H19NO. The van der Waals surface area contributed by atoms with E-state index in [1.54, 1.807) is 0 Å². The van der Waals surface area contributed by atoms with Crippen molar-refractivity contribution in [2.75, 3.05) is 0 Å². The van der Waals surface area contributed by atoms with Crippen LogP contribution in [0.15, 0.2) is 48.5 Å². The van der Waals surface area contributed by atoms with Crippen LogP contribution in [0.2, 0.25) is 0 Å². The number of aryl methyl sites for hydroxylation is 1. The molecule has 0 bridgehead atoms. The molecule has 1 aliphatic rings. The minimum atomic E-state index is -0.491. The number of aliphatic hydroxyl groups excluding tert-OH is 1. The summed E-state index contributed by atoms with van der Waals surface area (Å²) in [6, 6.07) is 16.6. The first-order chi connectivity index (χ1) is 9.29. The lowest BCUT2D eigenvalue weighted by Gasteiger charge is -2.20. The molecule has 0 fully saturated rings. The molecule has 0 radical (unpaired) electrons. The lowest BCUT2D eigenvalue weighted by atomic mass is 9.95. The second kappa shape index (κ2) is 5.16. The van der Waals surface area contributed by atoms with Crippen molar-refractivity contribution in [1.29, 1.82) is 0 Å². The van der Waals surface area contributed by atoms with Gasteiger partial charge >= 0.3 is 0 Å². The van der Waals surface area contributed by atoms with E-state index in [2.05, 4.69) is 36.5 Å². The first kappa shape index (κ1) is 12.4. The standard InChI is InChI=1S/C17H19NO/c1-2-12-7-9-13(10-8-12)17(19)16-15-6-4-3-5-14(15)11-18-16/h3-10,16-19H,2,11H2,1H3. The summed E-state index contributed by atoms with van der Waals surface area (Å²) >= 11 is 0. The maximum absolute atomic E-state index is 10.6. The molecule has 2 N–H and O–H groups in total. The van der Waals surface area contributed by atoms with Crippen LogP contribution in [0.5, 0.6) is 0 Å². The summed E-state index contributed by atoms with van der Waals surface area (Å²) in [6.45, 7) is 2.98. The molecule has 2 aromatic carbocycles. The molecule has 0 amide bonds. The van der Waals surface area contributed by atoms with Gasteiger partial charge in [-0.1, -0.05) is 55.5 Å². The van der Waals surface area contributed by atoms with E-state index in [0.717, 1.165) is 18.5 Å². The van der Waals surface area contributed by atoms with Crippen LogP contribution < -0.4 is 5.32 Å². The smallest absolute Gasteiger partial charge is 0.0984 e. The molecule has 0 saturated carbocycles.